The molecule has 0 radical (unpaired) electrons. The number of hydrogen-bond acceptors (Lipinski definition) is 3. The number of ether oxygens (including phenoxy) is 1. The van der Waals surface area contributed by atoms with Gasteiger partial charge in [0.2, 0.25) is 5.91 Å². The van der Waals surface area contributed by atoms with E-state index < -0.39 is 12.0 Å². The van der Waals surface area contributed by atoms with E-state index in [1.165, 1.54) is 7.11 Å². The summed E-state index contributed by atoms with van der Waals surface area (Å²) in [6, 6.07) is 16.6. The SMILES string of the molecule is COC(=O)[C@H](Cc1ccccc1)NC(=O)Cc1c[nH]c2ccccc12. The molecule has 1 amide bonds. The molecule has 0 fully saturated rings. The Balaban J connectivity index is 1.70. The minimum atomic E-state index is -0.704. The first kappa shape index (κ1) is 16.8. The van der Waals surface area contributed by atoms with Gasteiger partial charge in [0.15, 0.2) is 0 Å². The molecule has 2 aromatic carbocycles. The summed E-state index contributed by atoms with van der Waals surface area (Å²) in [5.41, 5.74) is 2.85. The van der Waals surface area contributed by atoms with Crippen molar-refractivity contribution in [3.05, 3.63) is 71.9 Å². The molecule has 5 nitrogen and oxygen atoms in total. The van der Waals surface area contributed by atoms with Gasteiger partial charge in [-0.3, -0.25) is 4.79 Å². The first-order valence-electron chi connectivity index (χ1n) is 8.13. The summed E-state index contributed by atoms with van der Waals surface area (Å²) in [7, 11) is 1.33. The zero-order valence-corrected chi connectivity index (χ0v) is 14.0. The van der Waals surface area contributed by atoms with Crippen molar-refractivity contribution in [3.63, 3.8) is 0 Å². The fraction of sp³-hybridized carbons (Fsp3) is 0.200. The van der Waals surface area contributed by atoms with Crippen molar-refractivity contribution in [1.82, 2.24) is 10.3 Å². The molecule has 3 aromatic rings. The van der Waals surface area contributed by atoms with Crippen molar-refractivity contribution in [2.24, 2.45) is 0 Å². The molecule has 3 rings (SSSR count). The van der Waals surface area contributed by atoms with Gasteiger partial charge in [0.05, 0.1) is 13.5 Å². The Morgan fingerprint density at radius 3 is 2.56 bits per heavy atom. The van der Waals surface area contributed by atoms with Gasteiger partial charge >= 0.3 is 5.97 Å². The van der Waals surface area contributed by atoms with Gasteiger partial charge in [-0.05, 0) is 17.2 Å². The maximum Gasteiger partial charge on any atom is 0.328 e. The number of benzene rings is 2. The smallest absolute Gasteiger partial charge is 0.328 e. The van der Waals surface area contributed by atoms with Gasteiger partial charge in [-0.25, -0.2) is 4.79 Å². The van der Waals surface area contributed by atoms with Crippen molar-refractivity contribution < 1.29 is 14.3 Å². The van der Waals surface area contributed by atoms with Crippen molar-refractivity contribution in [1.29, 1.82) is 0 Å². The van der Waals surface area contributed by atoms with Crippen molar-refractivity contribution in [2.75, 3.05) is 7.11 Å². The molecular formula is C20H20N2O3. The van der Waals surface area contributed by atoms with Gasteiger partial charge in [-0.2, -0.15) is 0 Å². The van der Waals surface area contributed by atoms with Crippen LogP contribution in [0, 0.1) is 0 Å². The molecule has 0 aliphatic rings. The van der Waals surface area contributed by atoms with Gasteiger partial charge in [-0.1, -0.05) is 48.5 Å². The number of carbonyl (C=O) groups is 2. The summed E-state index contributed by atoms with van der Waals surface area (Å²) >= 11 is 0. The van der Waals surface area contributed by atoms with Crippen LogP contribution in [0.15, 0.2) is 60.8 Å². The van der Waals surface area contributed by atoms with Crippen molar-refractivity contribution in [3.8, 4) is 0 Å². The molecule has 1 aromatic heterocycles. The molecule has 128 valence electrons. The van der Waals surface area contributed by atoms with Gasteiger partial charge in [0.25, 0.3) is 0 Å². The third-order valence-corrected chi connectivity index (χ3v) is 4.13. The number of aromatic amines is 1. The molecule has 0 aliphatic heterocycles. The van der Waals surface area contributed by atoms with Crippen molar-refractivity contribution >= 4 is 22.8 Å². The highest BCUT2D eigenvalue weighted by Crippen LogP contribution is 2.18. The number of hydrogen-bond donors (Lipinski definition) is 2. The molecule has 0 saturated carbocycles. The van der Waals surface area contributed by atoms with Crippen LogP contribution in [0.3, 0.4) is 0 Å². The average molecular weight is 336 g/mol. The van der Waals surface area contributed by atoms with E-state index in [4.69, 9.17) is 4.74 Å². The number of nitrogens with one attached hydrogen (secondary N) is 2. The number of H-pyrrole nitrogens is 1. The van der Waals surface area contributed by atoms with E-state index in [1.807, 2.05) is 60.8 Å². The van der Waals surface area contributed by atoms with Crippen LogP contribution in [0.5, 0.6) is 0 Å². The van der Waals surface area contributed by atoms with E-state index in [1.54, 1.807) is 0 Å². The third-order valence-electron chi connectivity index (χ3n) is 4.13. The highest BCUT2D eigenvalue weighted by molar-refractivity contribution is 5.90. The van der Waals surface area contributed by atoms with E-state index in [0.29, 0.717) is 6.42 Å². The average Bonchev–Trinajstić information content (AvgIpc) is 3.04. The second kappa shape index (κ2) is 7.66. The predicted molar refractivity (Wildman–Crippen MR) is 96.1 cm³/mol. The molecule has 25 heavy (non-hydrogen) atoms. The number of para-hydroxylation sites is 1. The summed E-state index contributed by atoms with van der Waals surface area (Å²) in [6.07, 6.45) is 2.42. The number of amides is 1. The van der Waals surface area contributed by atoms with E-state index in [0.717, 1.165) is 22.0 Å². The van der Waals surface area contributed by atoms with Crippen LogP contribution in [0.2, 0.25) is 0 Å². The number of fused-ring (bicyclic) bond motifs is 1. The summed E-state index contributed by atoms with van der Waals surface area (Å²) in [6.45, 7) is 0. The largest absolute Gasteiger partial charge is 0.467 e. The number of esters is 1. The minimum Gasteiger partial charge on any atom is -0.467 e. The number of rotatable bonds is 6. The highest BCUT2D eigenvalue weighted by atomic mass is 16.5. The van der Waals surface area contributed by atoms with E-state index >= 15 is 0 Å². The third kappa shape index (κ3) is 4.07. The Morgan fingerprint density at radius 2 is 1.80 bits per heavy atom. The lowest BCUT2D eigenvalue weighted by molar-refractivity contribution is -0.145. The quantitative estimate of drug-likeness (QED) is 0.680. The lowest BCUT2D eigenvalue weighted by atomic mass is 10.1. The summed E-state index contributed by atoms with van der Waals surface area (Å²) < 4.78 is 4.83. The Bertz CT molecular complexity index is 871. The standard InChI is InChI=1S/C20H20N2O3/c1-25-20(24)18(11-14-7-3-2-4-8-14)22-19(23)12-15-13-21-17-10-6-5-9-16(15)17/h2-10,13,18,21H,11-12H2,1H3,(H,22,23)/t18-/m0/s1. The Labute approximate surface area is 146 Å². The monoisotopic (exact) mass is 336 g/mol. The molecule has 1 heterocycles. The summed E-state index contributed by atoms with van der Waals surface area (Å²) in [4.78, 5) is 27.6. The topological polar surface area (TPSA) is 71.2 Å². The van der Waals surface area contributed by atoms with Crippen LogP contribution >= 0.6 is 0 Å². The highest BCUT2D eigenvalue weighted by Gasteiger charge is 2.22. The molecule has 0 spiro atoms. The molecule has 0 aliphatic carbocycles. The fourth-order valence-electron chi connectivity index (χ4n) is 2.88. The summed E-state index contributed by atoms with van der Waals surface area (Å²) in [5, 5.41) is 3.80. The number of carbonyl (C=O) groups excluding carboxylic acids is 2. The second-order valence-electron chi connectivity index (χ2n) is 5.87. The lowest BCUT2D eigenvalue weighted by Crippen LogP contribution is -2.43. The number of aromatic nitrogens is 1. The van der Waals surface area contributed by atoms with Crippen LogP contribution in [-0.2, 0) is 27.2 Å². The molecule has 0 saturated heterocycles. The Morgan fingerprint density at radius 1 is 1.08 bits per heavy atom. The van der Waals surface area contributed by atoms with Crippen LogP contribution in [-0.4, -0.2) is 30.0 Å². The van der Waals surface area contributed by atoms with Gasteiger partial charge < -0.3 is 15.0 Å². The molecule has 5 heteroatoms. The fourth-order valence-corrected chi connectivity index (χ4v) is 2.88. The first-order chi connectivity index (χ1) is 12.2. The van der Waals surface area contributed by atoms with E-state index in [9.17, 15) is 9.59 Å². The van der Waals surface area contributed by atoms with Crippen molar-refractivity contribution in [2.45, 2.75) is 18.9 Å². The second-order valence-corrected chi connectivity index (χ2v) is 5.87. The minimum absolute atomic E-state index is 0.201. The summed E-state index contributed by atoms with van der Waals surface area (Å²) in [5.74, 6) is -0.660. The van der Waals surface area contributed by atoms with E-state index in [-0.39, 0.29) is 12.3 Å². The van der Waals surface area contributed by atoms with Crippen LogP contribution in [0.1, 0.15) is 11.1 Å². The number of methoxy groups -OCH3 is 1. The predicted octanol–water partition coefficient (Wildman–Crippen LogP) is 2.61. The zero-order chi connectivity index (χ0) is 17.6. The van der Waals surface area contributed by atoms with Crippen LogP contribution < -0.4 is 5.32 Å². The Hall–Kier alpha value is -3.08. The van der Waals surface area contributed by atoms with E-state index in [2.05, 4.69) is 10.3 Å². The zero-order valence-electron chi connectivity index (χ0n) is 14.0. The molecule has 1 atom stereocenters. The molecule has 2 N–H and O–H groups in total. The van der Waals surface area contributed by atoms with Gasteiger partial charge in [-0.15, -0.1) is 0 Å². The van der Waals surface area contributed by atoms with Crippen LogP contribution in [0.25, 0.3) is 10.9 Å². The molecule has 0 unspecified atom stereocenters. The molecular weight excluding hydrogens is 316 g/mol. The maximum absolute atomic E-state index is 12.4. The van der Waals surface area contributed by atoms with Gasteiger partial charge in [0.1, 0.15) is 6.04 Å². The Kier molecular flexibility index (Phi) is 5.14. The lowest BCUT2D eigenvalue weighted by Gasteiger charge is -2.16. The maximum atomic E-state index is 12.4. The molecule has 0 bridgehead atoms. The van der Waals surface area contributed by atoms with Crippen LogP contribution in [0.4, 0.5) is 0 Å². The first-order valence-corrected chi connectivity index (χ1v) is 8.13. The normalized spacial score (nSPS) is 11.9. The van der Waals surface area contributed by atoms with Gasteiger partial charge in [0, 0.05) is 23.5 Å².